The van der Waals surface area contributed by atoms with E-state index >= 15 is 0 Å². The van der Waals surface area contributed by atoms with Gasteiger partial charge in [-0.1, -0.05) is 45.8 Å². The number of unbranched alkanes of at least 4 members (excludes halogenated alkanes) is 2. The van der Waals surface area contributed by atoms with Crippen molar-refractivity contribution < 1.29 is 9.90 Å². The van der Waals surface area contributed by atoms with E-state index in [1.54, 1.807) is 0 Å². The molecule has 0 aliphatic rings. The SMILES string of the molecule is CC/C=C\CCC(C)(O)CCC(=O)NCCCN(CCCC)CCCC. The molecule has 0 aliphatic carbocycles. The lowest BCUT2D eigenvalue weighted by molar-refractivity contribution is -0.122. The van der Waals surface area contributed by atoms with Crippen LogP contribution in [0.25, 0.3) is 0 Å². The first kappa shape index (κ1) is 25.1. The van der Waals surface area contributed by atoms with Crippen LogP contribution >= 0.6 is 0 Å². The first-order valence-corrected chi connectivity index (χ1v) is 10.8. The van der Waals surface area contributed by atoms with E-state index in [9.17, 15) is 9.90 Å². The van der Waals surface area contributed by atoms with Crippen LogP contribution in [0.5, 0.6) is 0 Å². The van der Waals surface area contributed by atoms with Crippen LogP contribution in [-0.2, 0) is 4.79 Å². The van der Waals surface area contributed by atoms with Gasteiger partial charge in [0.15, 0.2) is 0 Å². The molecule has 0 rings (SSSR count). The topological polar surface area (TPSA) is 52.6 Å². The summed E-state index contributed by atoms with van der Waals surface area (Å²) in [6.07, 6.45) is 13.7. The molecule has 154 valence electrons. The van der Waals surface area contributed by atoms with E-state index in [1.807, 2.05) is 6.92 Å². The van der Waals surface area contributed by atoms with E-state index in [2.05, 4.69) is 43.1 Å². The highest BCUT2D eigenvalue weighted by Gasteiger charge is 2.20. The van der Waals surface area contributed by atoms with Crippen molar-refractivity contribution in [3.8, 4) is 0 Å². The van der Waals surface area contributed by atoms with Crippen LogP contribution in [0.3, 0.4) is 0 Å². The Morgan fingerprint density at radius 3 is 2.19 bits per heavy atom. The molecule has 26 heavy (non-hydrogen) atoms. The van der Waals surface area contributed by atoms with Gasteiger partial charge in [0.05, 0.1) is 5.60 Å². The zero-order chi connectivity index (χ0) is 19.7. The number of carbonyl (C=O) groups excluding carboxylic acids is 1. The minimum atomic E-state index is -0.757. The van der Waals surface area contributed by atoms with Crippen molar-refractivity contribution in [1.82, 2.24) is 10.2 Å². The predicted octanol–water partition coefficient (Wildman–Crippen LogP) is 4.67. The summed E-state index contributed by atoms with van der Waals surface area (Å²) in [6.45, 7) is 12.5. The molecule has 2 N–H and O–H groups in total. The molecule has 0 spiro atoms. The first-order valence-electron chi connectivity index (χ1n) is 10.8. The molecule has 1 amide bonds. The molecular weight excluding hydrogens is 324 g/mol. The Bertz CT molecular complexity index is 359. The van der Waals surface area contributed by atoms with Crippen molar-refractivity contribution in [1.29, 1.82) is 0 Å². The highest BCUT2D eigenvalue weighted by Crippen LogP contribution is 2.19. The van der Waals surface area contributed by atoms with Crippen LogP contribution in [0.4, 0.5) is 0 Å². The second-order valence-electron chi connectivity index (χ2n) is 7.67. The van der Waals surface area contributed by atoms with E-state index in [-0.39, 0.29) is 5.91 Å². The van der Waals surface area contributed by atoms with Crippen molar-refractivity contribution in [2.75, 3.05) is 26.2 Å². The summed E-state index contributed by atoms with van der Waals surface area (Å²) in [4.78, 5) is 14.5. The number of nitrogens with zero attached hydrogens (tertiary/aromatic N) is 1. The molecule has 0 aromatic carbocycles. The first-order chi connectivity index (χ1) is 12.4. The van der Waals surface area contributed by atoms with Crippen LogP contribution in [0.1, 0.15) is 91.9 Å². The smallest absolute Gasteiger partial charge is 0.220 e. The summed E-state index contributed by atoms with van der Waals surface area (Å²) in [7, 11) is 0. The lowest BCUT2D eigenvalue weighted by Crippen LogP contribution is -2.32. The van der Waals surface area contributed by atoms with Gasteiger partial charge in [-0.2, -0.15) is 0 Å². The average molecular weight is 369 g/mol. The highest BCUT2D eigenvalue weighted by atomic mass is 16.3. The lowest BCUT2D eigenvalue weighted by Gasteiger charge is -2.23. The number of hydrogen-bond donors (Lipinski definition) is 2. The minimum Gasteiger partial charge on any atom is -0.390 e. The maximum atomic E-state index is 12.0. The third kappa shape index (κ3) is 15.4. The van der Waals surface area contributed by atoms with E-state index in [4.69, 9.17) is 0 Å². The fraction of sp³-hybridized carbons (Fsp3) is 0.864. The third-order valence-corrected chi connectivity index (χ3v) is 4.77. The summed E-state index contributed by atoms with van der Waals surface area (Å²) in [5.74, 6) is 0.0584. The van der Waals surface area contributed by atoms with Gasteiger partial charge in [0.25, 0.3) is 0 Å². The molecule has 1 atom stereocenters. The minimum absolute atomic E-state index is 0.0584. The molecule has 0 aliphatic heterocycles. The van der Waals surface area contributed by atoms with Gasteiger partial charge in [0.2, 0.25) is 5.91 Å². The predicted molar refractivity (Wildman–Crippen MR) is 112 cm³/mol. The maximum Gasteiger partial charge on any atom is 0.220 e. The Labute approximate surface area is 162 Å². The number of aliphatic hydroxyl groups is 1. The molecule has 0 radical (unpaired) electrons. The number of rotatable bonds is 17. The fourth-order valence-corrected chi connectivity index (χ4v) is 2.90. The van der Waals surface area contributed by atoms with E-state index < -0.39 is 5.60 Å². The second kappa shape index (κ2) is 16.3. The Morgan fingerprint density at radius 1 is 1.00 bits per heavy atom. The summed E-state index contributed by atoms with van der Waals surface area (Å²) in [5.41, 5.74) is -0.757. The van der Waals surface area contributed by atoms with Crippen molar-refractivity contribution in [3.05, 3.63) is 12.2 Å². The van der Waals surface area contributed by atoms with Gasteiger partial charge in [-0.15, -0.1) is 0 Å². The highest BCUT2D eigenvalue weighted by molar-refractivity contribution is 5.75. The van der Waals surface area contributed by atoms with Gasteiger partial charge in [-0.3, -0.25) is 4.79 Å². The number of allylic oxidation sites excluding steroid dienone is 2. The summed E-state index contributed by atoms with van der Waals surface area (Å²) >= 11 is 0. The van der Waals surface area contributed by atoms with Crippen LogP contribution < -0.4 is 5.32 Å². The Morgan fingerprint density at radius 2 is 1.62 bits per heavy atom. The van der Waals surface area contributed by atoms with Crippen LogP contribution in [-0.4, -0.2) is 47.7 Å². The number of amides is 1. The zero-order valence-electron chi connectivity index (χ0n) is 17.9. The van der Waals surface area contributed by atoms with Crippen LogP contribution in [0.2, 0.25) is 0 Å². The quantitative estimate of drug-likeness (QED) is 0.290. The van der Waals surface area contributed by atoms with Crippen molar-refractivity contribution in [2.45, 2.75) is 97.5 Å². The van der Waals surface area contributed by atoms with E-state index in [0.29, 0.717) is 19.3 Å². The molecular formula is C22H44N2O2. The molecule has 0 bridgehead atoms. The Hall–Kier alpha value is -0.870. The van der Waals surface area contributed by atoms with Crippen LogP contribution in [0, 0.1) is 0 Å². The van der Waals surface area contributed by atoms with Gasteiger partial charge < -0.3 is 15.3 Å². The molecule has 0 heterocycles. The Balaban J connectivity index is 3.90. The van der Waals surface area contributed by atoms with E-state index in [1.165, 1.54) is 38.8 Å². The molecule has 0 saturated heterocycles. The largest absolute Gasteiger partial charge is 0.390 e. The van der Waals surface area contributed by atoms with Gasteiger partial charge in [0, 0.05) is 13.0 Å². The molecule has 0 aromatic heterocycles. The Kier molecular flexibility index (Phi) is 15.8. The van der Waals surface area contributed by atoms with Crippen LogP contribution in [0.15, 0.2) is 12.2 Å². The van der Waals surface area contributed by atoms with Gasteiger partial charge in [-0.05, 0) is 71.5 Å². The summed E-state index contributed by atoms with van der Waals surface area (Å²) in [6, 6.07) is 0. The van der Waals surface area contributed by atoms with Crippen molar-refractivity contribution in [3.63, 3.8) is 0 Å². The monoisotopic (exact) mass is 368 g/mol. The molecule has 0 aromatic rings. The standard InChI is InChI=1S/C22H44N2O2/c1-5-8-11-12-15-22(4,26)16-14-21(25)23-17-13-20-24(18-9-6-2)19-10-7-3/h8,11,26H,5-7,9-10,12-20H2,1-4H3,(H,23,25)/b11-8-. The second-order valence-corrected chi connectivity index (χ2v) is 7.67. The molecule has 4 nitrogen and oxygen atoms in total. The molecule has 0 fully saturated rings. The van der Waals surface area contributed by atoms with Gasteiger partial charge in [0.1, 0.15) is 0 Å². The zero-order valence-corrected chi connectivity index (χ0v) is 17.9. The summed E-state index contributed by atoms with van der Waals surface area (Å²) < 4.78 is 0. The number of carbonyl (C=O) groups is 1. The number of hydrogen-bond acceptors (Lipinski definition) is 3. The normalized spacial score (nSPS) is 14.1. The van der Waals surface area contributed by atoms with Gasteiger partial charge >= 0.3 is 0 Å². The molecule has 0 saturated carbocycles. The third-order valence-electron chi connectivity index (χ3n) is 4.77. The average Bonchev–Trinajstić information content (AvgIpc) is 2.62. The molecule has 1 unspecified atom stereocenters. The van der Waals surface area contributed by atoms with Crippen molar-refractivity contribution in [2.24, 2.45) is 0 Å². The van der Waals surface area contributed by atoms with Gasteiger partial charge in [-0.25, -0.2) is 0 Å². The van der Waals surface area contributed by atoms with Crippen molar-refractivity contribution >= 4 is 5.91 Å². The lowest BCUT2D eigenvalue weighted by atomic mass is 9.94. The summed E-state index contributed by atoms with van der Waals surface area (Å²) in [5, 5.41) is 13.4. The fourth-order valence-electron chi connectivity index (χ4n) is 2.90. The number of nitrogens with one attached hydrogen (secondary N) is 1. The molecule has 4 heteroatoms. The maximum absolute atomic E-state index is 12.0. The van der Waals surface area contributed by atoms with E-state index in [0.717, 1.165) is 32.4 Å².